The molecule has 1 aromatic carbocycles. The zero-order valence-electron chi connectivity index (χ0n) is 8.86. The summed E-state index contributed by atoms with van der Waals surface area (Å²) in [6.07, 6.45) is 0. The number of carbonyl (C=O) groups is 1. The highest BCUT2D eigenvalue weighted by atomic mass is 16.5. The standard InChI is InChI=1S/C11H14N2O2/c1-13-8(6-12)7-4-3-5-9(15-2)10(7)11(13)14/h3-5,8H,6,12H2,1-2H3. The van der Waals surface area contributed by atoms with Crippen molar-refractivity contribution >= 4 is 5.91 Å². The Labute approximate surface area is 88.6 Å². The summed E-state index contributed by atoms with van der Waals surface area (Å²) in [5.74, 6) is 0.609. The first-order valence-corrected chi connectivity index (χ1v) is 4.84. The average molecular weight is 206 g/mol. The van der Waals surface area contributed by atoms with Gasteiger partial charge in [-0.1, -0.05) is 12.1 Å². The van der Waals surface area contributed by atoms with Gasteiger partial charge in [0.2, 0.25) is 0 Å². The first-order valence-electron chi connectivity index (χ1n) is 4.84. The molecule has 0 aromatic heterocycles. The SMILES string of the molecule is COc1cccc2c1C(=O)N(C)C2CN. The van der Waals surface area contributed by atoms with E-state index < -0.39 is 0 Å². The van der Waals surface area contributed by atoms with Crippen LogP contribution < -0.4 is 10.5 Å². The van der Waals surface area contributed by atoms with E-state index in [-0.39, 0.29) is 11.9 Å². The van der Waals surface area contributed by atoms with E-state index in [0.717, 1.165) is 5.56 Å². The van der Waals surface area contributed by atoms with Gasteiger partial charge in [0.05, 0.1) is 18.7 Å². The van der Waals surface area contributed by atoms with Crippen LogP contribution in [0, 0.1) is 0 Å². The molecule has 0 saturated heterocycles. The van der Waals surface area contributed by atoms with Gasteiger partial charge in [0, 0.05) is 13.6 Å². The Balaban J connectivity index is 2.59. The number of ether oxygens (including phenoxy) is 1. The van der Waals surface area contributed by atoms with Crippen LogP contribution in [-0.2, 0) is 0 Å². The van der Waals surface area contributed by atoms with Crippen LogP contribution in [0.1, 0.15) is 22.0 Å². The lowest BCUT2D eigenvalue weighted by Crippen LogP contribution is -2.28. The fourth-order valence-corrected chi connectivity index (χ4v) is 2.04. The monoisotopic (exact) mass is 206 g/mol. The fraction of sp³-hybridized carbons (Fsp3) is 0.364. The van der Waals surface area contributed by atoms with E-state index in [2.05, 4.69) is 0 Å². The van der Waals surface area contributed by atoms with E-state index in [0.29, 0.717) is 17.9 Å². The molecule has 0 radical (unpaired) electrons. The van der Waals surface area contributed by atoms with Crippen molar-refractivity contribution in [1.29, 1.82) is 0 Å². The van der Waals surface area contributed by atoms with Gasteiger partial charge < -0.3 is 15.4 Å². The molecule has 4 heteroatoms. The van der Waals surface area contributed by atoms with Crippen molar-refractivity contribution in [3.8, 4) is 5.75 Å². The van der Waals surface area contributed by atoms with Crippen LogP contribution >= 0.6 is 0 Å². The zero-order valence-corrected chi connectivity index (χ0v) is 8.86. The lowest BCUT2D eigenvalue weighted by molar-refractivity contribution is 0.0776. The Bertz CT molecular complexity index is 404. The number of benzene rings is 1. The highest BCUT2D eigenvalue weighted by Crippen LogP contribution is 2.36. The van der Waals surface area contributed by atoms with Gasteiger partial charge in [0.1, 0.15) is 5.75 Å². The van der Waals surface area contributed by atoms with Crippen LogP contribution in [0.15, 0.2) is 18.2 Å². The van der Waals surface area contributed by atoms with Crippen molar-refractivity contribution < 1.29 is 9.53 Å². The summed E-state index contributed by atoms with van der Waals surface area (Å²) in [6.45, 7) is 0.433. The third-order valence-corrected chi connectivity index (χ3v) is 2.86. The molecule has 80 valence electrons. The van der Waals surface area contributed by atoms with Crippen molar-refractivity contribution in [2.45, 2.75) is 6.04 Å². The van der Waals surface area contributed by atoms with E-state index in [9.17, 15) is 4.79 Å². The molecule has 4 nitrogen and oxygen atoms in total. The summed E-state index contributed by atoms with van der Waals surface area (Å²) in [6, 6.07) is 5.58. The van der Waals surface area contributed by atoms with Gasteiger partial charge in [-0.05, 0) is 11.6 Å². The largest absolute Gasteiger partial charge is 0.496 e. The maximum atomic E-state index is 11.9. The minimum Gasteiger partial charge on any atom is -0.496 e. The third-order valence-electron chi connectivity index (χ3n) is 2.86. The predicted molar refractivity (Wildman–Crippen MR) is 56.9 cm³/mol. The number of rotatable bonds is 2. The maximum Gasteiger partial charge on any atom is 0.258 e. The van der Waals surface area contributed by atoms with Crippen molar-refractivity contribution in [3.05, 3.63) is 29.3 Å². The number of carbonyl (C=O) groups excluding carboxylic acids is 1. The van der Waals surface area contributed by atoms with Gasteiger partial charge in [-0.2, -0.15) is 0 Å². The highest BCUT2D eigenvalue weighted by Gasteiger charge is 2.35. The molecule has 0 saturated carbocycles. The molecule has 1 aromatic rings. The van der Waals surface area contributed by atoms with Gasteiger partial charge in [0.15, 0.2) is 0 Å². The van der Waals surface area contributed by atoms with Crippen molar-refractivity contribution in [1.82, 2.24) is 4.90 Å². The minimum absolute atomic E-state index is 0.0158. The summed E-state index contributed by atoms with van der Waals surface area (Å²) in [5, 5.41) is 0. The van der Waals surface area contributed by atoms with Gasteiger partial charge in [-0.3, -0.25) is 4.79 Å². The first kappa shape index (κ1) is 9.98. The molecule has 0 aliphatic carbocycles. The van der Waals surface area contributed by atoms with Crippen LogP contribution in [0.25, 0.3) is 0 Å². The zero-order chi connectivity index (χ0) is 11.0. The quantitative estimate of drug-likeness (QED) is 0.778. The van der Waals surface area contributed by atoms with E-state index in [1.807, 2.05) is 12.1 Å². The molecular formula is C11H14N2O2. The molecule has 15 heavy (non-hydrogen) atoms. The number of nitrogens with two attached hydrogens (primary N) is 1. The maximum absolute atomic E-state index is 11.9. The van der Waals surface area contributed by atoms with E-state index in [1.165, 1.54) is 0 Å². The predicted octanol–water partition coefficient (Wildman–Crippen LogP) is 0.781. The normalized spacial score (nSPS) is 19.3. The smallest absolute Gasteiger partial charge is 0.258 e. The lowest BCUT2D eigenvalue weighted by Gasteiger charge is -2.18. The number of methoxy groups -OCH3 is 1. The van der Waals surface area contributed by atoms with Crippen LogP contribution in [0.2, 0.25) is 0 Å². The Morgan fingerprint density at radius 2 is 2.27 bits per heavy atom. The number of hydrogen-bond donors (Lipinski definition) is 1. The molecule has 1 heterocycles. The second kappa shape index (κ2) is 3.55. The van der Waals surface area contributed by atoms with Crippen LogP contribution in [-0.4, -0.2) is 31.5 Å². The van der Waals surface area contributed by atoms with Crippen molar-refractivity contribution in [3.63, 3.8) is 0 Å². The average Bonchev–Trinajstić information content (AvgIpc) is 2.51. The summed E-state index contributed by atoms with van der Waals surface area (Å²) in [7, 11) is 3.33. The Morgan fingerprint density at radius 1 is 1.53 bits per heavy atom. The molecule has 1 atom stereocenters. The molecule has 0 fully saturated rings. The van der Waals surface area contributed by atoms with Gasteiger partial charge in [-0.15, -0.1) is 0 Å². The van der Waals surface area contributed by atoms with Gasteiger partial charge >= 0.3 is 0 Å². The van der Waals surface area contributed by atoms with Crippen molar-refractivity contribution in [2.24, 2.45) is 5.73 Å². The molecule has 0 bridgehead atoms. The van der Waals surface area contributed by atoms with Crippen LogP contribution in [0.4, 0.5) is 0 Å². The number of likely N-dealkylation sites (N-methyl/N-ethyl adjacent to an activating group) is 1. The number of hydrogen-bond acceptors (Lipinski definition) is 3. The van der Waals surface area contributed by atoms with Crippen LogP contribution in [0.3, 0.4) is 0 Å². The molecule has 0 spiro atoms. The van der Waals surface area contributed by atoms with Gasteiger partial charge in [0.25, 0.3) is 5.91 Å². The number of amides is 1. The summed E-state index contributed by atoms with van der Waals surface area (Å²) in [5.41, 5.74) is 7.27. The van der Waals surface area contributed by atoms with E-state index >= 15 is 0 Å². The lowest BCUT2D eigenvalue weighted by atomic mass is 10.0. The minimum atomic E-state index is -0.0254. The molecule has 1 aliphatic rings. The highest BCUT2D eigenvalue weighted by molar-refractivity contribution is 6.01. The number of fused-ring (bicyclic) bond motifs is 1. The first-order chi connectivity index (χ1) is 7.20. The molecular weight excluding hydrogens is 192 g/mol. The second-order valence-corrected chi connectivity index (χ2v) is 3.59. The fourth-order valence-electron chi connectivity index (χ4n) is 2.04. The third kappa shape index (κ3) is 1.29. The van der Waals surface area contributed by atoms with E-state index in [4.69, 9.17) is 10.5 Å². The Hall–Kier alpha value is -1.55. The van der Waals surface area contributed by atoms with E-state index in [1.54, 1.807) is 25.1 Å². The number of nitrogens with zero attached hydrogens (tertiary/aromatic N) is 1. The summed E-state index contributed by atoms with van der Waals surface area (Å²) >= 11 is 0. The topological polar surface area (TPSA) is 55.6 Å². The van der Waals surface area contributed by atoms with Gasteiger partial charge in [-0.25, -0.2) is 0 Å². The summed E-state index contributed by atoms with van der Waals surface area (Å²) < 4.78 is 5.18. The van der Waals surface area contributed by atoms with Crippen LogP contribution in [0.5, 0.6) is 5.75 Å². The Morgan fingerprint density at radius 3 is 2.87 bits per heavy atom. The molecule has 2 N–H and O–H groups in total. The molecule has 1 unspecified atom stereocenters. The molecule has 1 aliphatic heterocycles. The Kier molecular flexibility index (Phi) is 2.36. The molecule has 1 amide bonds. The van der Waals surface area contributed by atoms with Crippen molar-refractivity contribution in [2.75, 3.05) is 20.7 Å². The summed E-state index contributed by atoms with van der Waals surface area (Å²) in [4.78, 5) is 13.6. The second-order valence-electron chi connectivity index (χ2n) is 3.59. The molecule has 2 rings (SSSR count).